The Labute approximate surface area is 135 Å². The van der Waals surface area contributed by atoms with Gasteiger partial charge in [-0.15, -0.1) is 11.8 Å². The summed E-state index contributed by atoms with van der Waals surface area (Å²) >= 11 is 1.85. The Morgan fingerprint density at radius 1 is 1.23 bits per heavy atom. The first-order chi connectivity index (χ1) is 10.8. The number of benzene rings is 2. The molecule has 3 nitrogen and oxygen atoms in total. The molecule has 0 bridgehead atoms. The molecule has 0 unspecified atom stereocenters. The van der Waals surface area contributed by atoms with E-state index in [0.29, 0.717) is 17.9 Å². The van der Waals surface area contributed by atoms with Crippen LogP contribution in [0, 0.1) is 0 Å². The van der Waals surface area contributed by atoms with Crippen molar-refractivity contribution >= 4 is 17.7 Å². The van der Waals surface area contributed by atoms with E-state index in [1.54, 1.807) is 0 Å². The van der Waals surface area contributed by atoms with Gasteiger partial charge in [0, 0.05) is 10.6 Å². The van der Waals surface area contributed by atoms with Crippen molar-refractivity contribution in [2.45, 2.75) is 24.3 Å². The average molecular weight is 313 g/mol. The largest absolute Gasteiger partial charge is 0.493 e. The predicted octanol–water partition coefficient (Wildman–Crippen LogP) is 4.05. The van der Waals surface area contributed by atoms with E-state index < -0.39 is 0 Å². The van der Waals surface area contributed by atoms with E-state index in [1.165, 1.54) is 10.5 Å². The molecule has 0 aromatic heterocycles. The fraction of sp³-hybridized carbons (Fsp3) is 0.278. The van der Waals surface area contributed by atoms with Gasteiger partial charge in [-0.2, -0.15) is 0 Å². The maximum atomic E-state index is 12.6. The molecule has 3 rings (SSSR count). The van der Waals surface area contributed by atoms with Crippen LogP contribution in [0.15, 0.2) is 53.4 Å². The summed E-state index contributed by atoms with van der Waals surface area (Å²) in [6.07, 6.45) is 0.949. The molecule has 1 amide bonds. The van der Waals surface area contributed by atoms with E-state index >= 15 is 0 Å². The Morgan fingerprint density at radius 2 is 2.00 bits per heavy atom. The van der Waals surface area contributed by atoms with Crippen LogP contribution in [-0.2, 0) is 0 Å². The minimum atomic E-state index is -0.0734. The average Bonchev–Trinajstić information content (AvgIpc) is 2.56. The Bertz CT molecular complexity index is 672. The molecule has 0 aliphatic carbocycles. The fourth-order valence-corrected chi connectivity index (χ4v) is 3.79. The van der Waals surface area contributed by atoms with Crippen LogP contribution < -0.4 is 10.1 Å². The van der Waals surface area contributed by atoms with Gasteiger partial charge in [0.25, 0.3) is 5.91 Å². The zero-order chi connectivity index (χ0) is 15.4. The quantitative estimate of drug-likeness (QED) is 0.925. The zero-order valence-electron chi connectivity index (χ0n) is 12.5. The van der Waals surface area contributed by atoms with Crippen LogP contribution >= 0.6 is 11.8 Å². The third-order valence-electron chi connectivity index (χ3n) is 3.70. The number of para-hydroxylation sites is 1. The molecule has 0 spiro atoms. The Hall–Kier alpha value is -1.94. The number of nitrogens with one attached hydrogen (secondary N) is 1. The molecule has 22 heavy (non-hydrogen) atoms. The number of fused-ring (bicyclic) bond motifs is 1. The molecule has 0 radical (unpaired) electrons. The van der Waals surface area contributed by atoms with Crippen LogP contribution in [0.3, 0.4) is 0 Å². The Kier molecular flexibility index (Phi) is 4.68. The molecular weight excluding hydrogens is 294 g/mol. The van der Waals surface area contributed by atoms with E-state index in [2.05, 4.69) is 17.4 Å². The van der Waals surface area contributed by atoms with Crippen LogP contribution in [0.4, 0.5) is 0 Å². The molecule has 1 N–H and O–H groups in total. The van der Waals surface area contributed by atoms with Gasteiger partial charge in [-0.05, 0) is 37.1 Å². The summed E-state index contributed by atoms with van der Waals surface area (Å²) < 4.78 is 5.55. The highest BCUT2D eigenvalue weighted by Crippen LogP contribution is 2.36. The monoisotopic (exact) mass is 313 g/mol. The van der Waals surface area contributed by atoms with E-state index in [1.807, 2.05) is 55.1 Å². The van der Waals surface area contributed by atoms with Crippen LogP contribution in [0.25, 0.3) is 0 Å². The number of hydrogen-bond donors (Lipinski definition) is 1. The summed E-state index contributed by atoms with van der Waals surface area (Å²) in [4.78, 5) is 13.9. The number of carbonyl (C=O) groups excluding carboxylic acids is 1. The number of rotatable bonds is 4. The maximum Gasteiger partial charge on any atom is 0.255 e. The minimum absolute atomic E-state index is 0.0691. The van der Waals surface area contributed by atoms with Gasteiger partial charge in [-0.1, -0.05) is 30.3 Å². The lowest BCUT2D eigenvalue weighted by Gasteiger charge is -2.26. The first kappa shape index (κ1) is 15.0. The smallest absolute Gasteiger partial charge is 0.255 e. The van der Waals surface area contributed by atoms with Crippen molar-refractivity contribution < 1.29 is 9.53 Å². The zero-order valence-corrected chi connectivity index (χ0v) is 13.4. The Balaban J connectivity index is 1.81. The standard InChI is InChI=1S/C18H19NO2S/c1-2-21-16-9-5-3-8-14(16)18(20)19-15-11-12-22-17-10-6-4-7-13(15)17/h3-10,15H,2,11-12H2,1H3,(H,19,20)/t15-/m1/s1. The molecule has 4 heteroatoms. The van der Waals surface area contributed by atoms with Crippen molar-refractivity contribution in [3.8, 4) is 5.75 Å². The SMILES string of the molecule is CCOc1ccccc1C(=O)N[C@@H]1CCSc2ccccc21. The van der Waals surface area contributed by atoms with Gasteiger partial charge in [0.15, 0.2) is 0 Å². The first-order valence-corrected chi connectivity index (χ1v) is 8.52. The molecule has 1 aliphatic rings. The molecule has 1 atom stereocenters. The first-order valence-electron chi connectivity index (χ1n) is 7.54. The normalized spacial score (nSPS) is 16.7. The summed E-state index contributed by atoms with van der Waals surface area (Å²) in [6, 6.07) is 15.7. The number of ether oxygens (including phenoxy) is 1. The van der Waals surface area contributed by atoms with Crippen molar-refractivity contribution in [2.24, 2.45) is 0 Å². The highest BCUT2D eigenvalue weighted by Gasteiger charge is 2.23. The van der Waals surface area contributed by atoms with Gasteiger partial charge in [0.1, 0.15) is 5.75 Å². The summed E-state index contributed by atoms with van der Waals surface area (Å²) in [5, 5.41) is 3.16. The second-order valence-electron chi connectivity index (χ2n) is 5.13. The van der Waals surface area contributed by atoms with Gasteiger partial charge in [0.2, 0.25) is 0 Å². The summed E-state index contributed by atoms with van der Waals surface area (Å²) in [5.41, 5.74) is 1.81. The van der Waals surface area contributed by atoms with E-state index in [-0.39, 0.29) is 11.9 Å². The topological polar surface area (TPSA) is 38.3 Å². The minimum Gasteiger partial charge on any atom is -0.493 e. The number of hydrogen-bond acceptors (Lipinski definition) is 3. The molecule has 1 aliphatic heterocycles. The van der Waals surface area contributed by atoms with Gasteiger partial charge in [-0.25, -0.2) is 0 Å². The molecule has 2 aromatic carbocycles. The third kappa shape index (κ3) is 3.12. The van der Waals surface area contributed by atoms with Crippen LogP contribution in [0.5, 0.6) is 5.75 Å². The third-order valence-corrected chi connectivity index (χ3v) is 4.82. The van der Waals surface area contributed by atoms with Crippen molar-refractivity contribution in [2.75, 3.05) is 12.4 Å². The highest BCUT2D eigenvalue weighted by atomic mass is 32.2. The van der Waals surface area contributed by atoms with Crippen LogP contribution in [0.2, 0.25) is 0 Å². The van der Waals surface area contributed by atoms with Gasteiger partial charge >= 0.3 is 0 Å². The summed E-state index contributed by atoms with van der Waals surface area (Å²) in [5.74, 6) is 1.59. The van der Waals surface area contributed by atoms with Crippen LogP contribution in [-0.4, -0.2) is 18.3 Å². The molecule has 1 heterocycles. The van der Waals surface area contributed by atoms with Crippen molar-refractivity contribution in [1.82, 2.24) is 5.32 Å². The predicted molar refractivity (Wildman–Crippen MR) is 89.6 cm³/mol. The van der Waals surface area contributed by atoms with Crippen molar-refractivity contribution in [1.29, 1.82) is 0 Å². The van der Waals surface area contributed by atoms with Gasteiger partial charge < -0.3 is 10.1 Å². The second kappa shape index (κ2) is 6.88. The molecule has 2 aromatic rings. The Morgan fingerprint density at radius 3 is 2.86 bits per heavy atom. The lowest BCUT2D eigenvalue weighted by molar-refractivity contribution is 0.0931. The molecule has 0 saturated carbocycles. The maximum absolute atomic E-state index is 12.6. The lowest BCUT2D eigenvalue weighted by atomic mass is 10.0. The van der Waals surface area contributed by atoms with Gasteiger partial charge in [0.05, 0.1) is 18.2 Å². The van der Waals surface area contributed by atoms with Gasteiger partial charge in [-0.3, -0.25) is 4.79 Å². The molecular formula is C18H19NO2S. The molecule has 0 saturated heterocycles. The molecule has 114 valence electrons. The highest BCUT2D eigenvalue weighted by molar-refractivity contribution is 7.99. The lowest BCUT2D eigenvalue weighted by Crippen LogP contribution is -2.30. The fourth-order valence-electron chi connectivity index (χ4n) is 2.66. The number of amides is 1. The van der Waals surface area contributed by atoms with Crippen molar-refractivity contribution in [3.05, 3.63) is 59.7 Å². The van der Waals surface area contributed by atoms with E-state index in [4.69, 9.17) is 4.74 Å². The van der Waals surface area contributed by atoms with Crippen LogP contribution in [0.1, 0.15) is 35.3 Å². The summed E-state index contributed by atoms with van der Waals surface area (Å²) in [7, 11) is 0. The molecule has 0 fully saturated rings. The van der Waals surface area contributed by atoms with Crippen molar-refractivity contribution in [3.63, 3.8) is 0 Å². The number of thioether (sulfide) groups is 1. The second-order valence-corrected chi connectivity index (χ2v) is 6.27. The summed E-state index contributed by atoms with van der Waals surface area (Å²) in [6.45, 7) is 2.47. The van der Waals surface area contributed by atoms with E-state index in [0.717, 1.165) is 12.2 Å². The number of carbonyl (C=O) groups is 1. The van der Waals surface area contributed by atoms with E-state index in [9.17, 15) is 4.79 Å².